The van der Waals surface area contributed by atoms with Crippen molar-refractivity contribution in [1.29, 1.82) is 0 Å². The largest absolute Gasteiger partial charge is 0.316 e. The molecule has 1 aromatic heterocycles. The van der Waals surface area contributed by atoms with E-state index in [4.69, 9.17) is 0 Å². The molecule has 1 aromatic rings. The lowest BCUT2D eigenvalue weighted by molar-refractivity contribution is 0.296. The topological polar surface area (TPSA) is 24.1 Å². The maximum absolute atomic E-state index is 3.64. The van der Waals surface area contributed by atoms with Gasteiger partial charge >= 0.3 is 0 Å². The highest BCUT2D eigenvalue weighted by Gasteiger charge is 2.19. The fraction of sp³-hybridized carbons (Fsp3) is 0.636. The summed E-state index contributed by atoms with van der Waals surface area (Å²) in [6.07, 6.45) is 1.26. The normalized spacial score (nSPS) is 27.8. The summed E-state index contributed by atoms with van der Waals surface area (Å²) in [5.41, 5.74) is 0. The van der Waals surface area contributed by atoms with E-state index >= 15 is 0 Å². The zero-order valence-corrected chi connectivity index (χ0v) is 9.44. The summed E-state index contributed by atoms with van der Waals surface area (Å²) < 4.78 is 0. The highest BCUT2D eigenvalue weighted by atomic mass is 32.1. The van der Waals surface area contributed by atoms with Gasteiger partial charge in [-0.15, -0.1) is 11.3 Å². The van der Waals surface area contributed by atoms with Crippen molar-refractivity contribution in [1.82, 2.24) is 10.6 Å². The minimum atomic E-state index is 0.693. The Hall–Kier alpha value is -0.380. The second-order valence-corrected chi connectivity index (χ2v) is 5.07. The van der Waals surface area contributed by atoms with Crippen LogP contribution in [-0.4, -0.2) is 19.1 Å². The van der Waals surface area contributed by atoms with Crippen molar-refractivity contribution in [3.05, 3.63) is 22.4 Å². The van der Waals surface area contributed by atoms with Gasteiger partial charge in [0.05, 0.1) is 0 Å². The number of hydrogen-bond acceptors (Lipinski definition) is 3. The van der Waals surface area contributed by atoms with Gasteiger partial charge in [-0.25, -0.2) is 0 Å². The van der Waals surface area contributed by atoms with Crippen LogP contribution in [0.5, 0.6) is 0 Å². The van der Waals surface area contributed by atoms with Crippen LogP contribution in [0.4, 0.5) is 0 Å². The minimum Gasteiger partial charge on any atom is -0.316 e. The third-order valence-corrected chi connectivity index (χ3v) is 3.78. The molecule has 1 aliphatic rings. The number of hydrogen-bond donors (Lipinski definition) is 2. The van der Waals surface area contributed by atoms with Crippen molar-refractivity contribution in [3.8, 4) is 0 Å². The molecule has 2 N–H and O–H groups in total. The second-order valence-electron chi connectivity index (χ2n) is 4.04. The predicted octanol–water partition coefficient (Wildman–Crippen LogP) is 1.84. The smallest absolute Gasteiger partial charge is 0.0302 e. The number of thiophene rings is 1. The first-order chi connectivity index (χ1) is 6.86. The van der Waals surface area contributed by atoms with Crippen LogP contribution >= 0.6 is 11.3 Å². The summed E-state index contributed by atoms with van der Waals surface area (Å²) in [6.45, 7) is 5.67. The fourth-order valence-electron chi connectivity index (χ4n) is 1.96. The zero-order chi connectivity index (χ0) is 9.80. The molecule has 1 saturated heterocycles. The molecule has 3 heteroatoms. The first kappa shape index (κ1) is 10.1. The van der Waals surface area contributed by atoms with Crippen molar-refractivity contribution in [2.24, 2.45) is 5.92 Å². The molecule has 0 aromatic carbocycles. The third kappa shape index (κ3) is 2.56. The van der Waals surface area contributed by atoms with E-state index < -0.39 is 0 Å². The van der Waals surface area contributed by atoms with Crippen LogP contribution < -0.4 is 10.6 Å². The monoisotopic (exact) mass is 210 g/mol. The molecule has 2 heterocycles. The van der Waals surface area contributed by atoms with Crippen LogP contribution in [0.25, 0.3) is 0 Å². The van der Waals surface area contributed by atoms with Crippen LogP contribution in [0.1, 0.15) is 18.2 Å². The summed E-state index contributed by atoms with van der Waals surface area (Å²) in [5.74, 6) is 0.753. The van der Waals surface area contributed by atoms with Gasteiger partial charge in [0.25, 0.3) is 0 Å². The zero-order valence-electron chi connectivity index (χ0n) is 8.62. The van der Waals surface area contributed by atoms with Crippen molar-refractivity contribution in [2.45, 2.75) is 25.9 Å². The maximum Gasteiger partial charge on any atom is 0.0302 e. The lowest BCUT2D eigenvalue weighted by Gasteiger charge is -2.30. The highest BCUT2D eigenvalue weighted by molar-refractivity contribution is 7.09. The molecule has 2 nitrogen and oxygen atoms in total. The standard InChI is InChI=1S/C11H18N2S/c1-9-7-12-5-4-11(9)13-8-10-3-2-6-14-10/h2-3,6,9,11-13H,4-5,7-8H2,1H3. The van der Waals surface area contributed by atoms with Gasteiger partial charge in [-0.3, -0.25) is 0 Å². The van der Waals surface area contributed by atoms with E-state index in [1.165, 1.54) is 11.3 Å². The minimum absolute atomic E-state index is 0.693. The lowest BCUT2D eigenvalue weighted by atomic mass is 9.95. The molecule has 78 valence electrons. The molecule has 1 aliphatic heterocycles. The van der Waals surface area contributed by atoms with Crippen molar-refractivity contribution >= 4 is 11.3 Å². The van der Waals surface area contributed by atoms with Gasteiger partial charge in [0.1, 0.15) is 0 Å². The van der Waals surface area contributed by atoms with E-state index in [1.807, 2.05) is 11.3 Å². The Balaban J connectivity index is 1.79. The van der Waals surface area contributed by atoms with Gasteiger partial charge in [-0.1, -0.05) is 13.0 Å². The van der Waals surface area contributed by atoms with E-state index in [2.05, 4.69) is 35.1 Å². The Morgan fingerprint density at radius 3 is 3.29 bits per heavy atom. The lowest BCUT2D eigenvalue weighted by Crippen LogP contribution is -2.45. The predicted molar refractivity (Wildman–Crippen MR) is 61.6 cm³/mol. The van der Waals surface area contributed by atoms with Crippen molar-refractivity contribution in [2.75, 3.05) is 13.1 Å². The summed E-state index contributed by atoms with van der Waals surface area (Å²) >= 11 is 1.83. The number of piperidine rings is 1. The number of nitrogens with one attached hydrogen (secondary N) is 2. The molecular weight excluding hydrogens is 192 g/mol. The second kappa shape index (κ2) is 4.91. The van der Waals surface area contributed by atoms with E-state index in [1.54, 1.807) is 0 Å². The Morgan fingerprint density at radius 1 is 1.64 bits per heavy atom. The average molecular weight is 210 g/mol. The number of rotatable bonds is 3. The molecule has 1 fully saturated rings. The fourth-order valence-corrected chi connectivity index (χ4v) is 2.62. The van der Waals surface area contributed by atoms with E-state index in [0.717, 1.165) is 25.6 Å². The Bertz CT molecular complexity index is 258. The molecular formula is C11H18N2S. The Labute approximate surface area is 89.7 Å². The average Bonchev–Trinajstić information content (AvgIpc) is 2.69. The quantitative estimate of drug-likeness (QED) is 0.795. The van der Waals surface area contributed by atoms with E-state index in [0.29, 0.717) is 6.04 Å². The van der Waals surface area contributed by atoms with Crippen LogP contribution in [0.15, 0.2) is 17.5 Å². The van der Waals surface area contributed by atoms with Crippen molar-refractivity contribution in [3.63, 3.8) is 0 Å². The third-order valence-electron chi connectivity index (χ3n) is 2.90. The summed E-state index contributed by atoms with van der Waals surface area (Å²) in [7, 11) is 0. The molecule has 0 bridgehead atoms. The molecule has 2 unspecified atom stereocenters. The molecule has 0 radical (unpaired) electrons. The summed E-state index contributed by atoms with van der Waals surface area (Å²) in [6, 6.07) is 5.01. The first-order valence-corrected chi connectivity index (χ1v) is 6.20. The Kier molecular flexibility index (Phi) is 3.56. The van der Waals surface area contributed by atoms with E-state index in [-0.39, 0.29) is 0 Å². The molecule has 0 amide bonds. The van der Waals surface area contributed by atoms with Gasteiger partial charge in [0, 0.05) is 17.5 Å². The van der Waals surface area contributed by atoms with Crippen LogP contribution in [0.2, 0.25) is 0 Å². The van der Waals surface area contributed by atoms with E-state index in [9.17, 15) is 0 Å². The SMILES string of the molecule is CC1CNCCC1NCc1cccs1. The highest BCUT2D eigenvalue weighted by Crippen LogP contribution is 2.13. The van der Waals surface area contributed by atoms with Gasteiger partial charge < -0.3 is 10.6 Å². The van der Waals surface area contributed by atoms with Crippen LogP contribution in [0.3, 0.4) is 0 Å². The van der Waals surface area contributed by atoms with Gasteiger partial charge in [-0.2, -0.15) is 0 Å². The summed E-state index contributed by atoms with van der Waals surface area (Å²) in [4.78, 5) is 1.44. The molecule has 14 heavy (non-hydrogen) atoms. The molecule has 0 spiro atoms. The molecule has 0 aliphatic carbocycles. The van der Waals surface area contributed by atoms with Gasteiger partial charge in [-0.05, 0) is 36.9 Å². The van der Waals surface area contributed by atoms with Gasteiger partial charge in [0.15, 0.2) is 0 Å². The first-order valence-electron chi connectivity index (χ1n) is 5.33. The van der Waals surface area contributed by atoms with Crippen molar-refractivity contribution < 1.29 is 0 Å². The Morgan fingerprint density at radius 2 is 2.57 bits per heavy atom. The van der Waals surface area contributed by atoms with Crippen LogP contribution in [-0.2, 0) is 6.54 Å². The van der Waals surface area contributed by atoms with Gasteiger partial charge in [0.2, 0.25) is 0 Å². The molecule has 2 atom stereocenters. The maximum atomic E-state index is 3.64. The summed E-state index contributed by atoms with van der Waals surface area (Å²) in [5, 5.41) is 9.21. The molecule has 0 saturated carbocycles. The van der Waals surface area contributed by atoms with Crippen LogP contribution in [0, 0.1) is 5.92 Å². The molecule has 2 rings (SSSR count).